The molecule has 2 amide bonds. The molecular formula is C17H22N2O3. The smallest absolute Gasteiger partial charge is 0.254 e. The number of hydrogen-bond acceptors (Lipinski definition) is 3. The molecule has 2 fully saturated rings. The largest absolute Gasteiger partial charge is 0.496 e. The van der Waals surface area contributed by atoms with E-state index in [2.05, 4.69) is 5.32 Å². The van der Waals surface area contributed by atoms with Crippen LogP contribution in [-0.4, -0.2) is 42.5 Å². The number of methoxy groups -OCH3 is 1. The first-order chi connectivity index (χ1) is 10.5. The van der Waals surface area contributed by atoms with Crippen LogP contribution in [0.15, 0.2) is 12.1 Å². The van der Waals surface area contributed by atoms with Crippen molar-refractivity contribution in [2.75, 3.05) is 13.7 Å². The minimum absolute atomic E-state index is 0.0258. The number of hydrogen-bond donors (Lipinski definition) is 1. The normalized spacial score (nSPS) is 24.0. The Kier molecular flexibility index (Phi) is 3.81. The van der Waals surface area contributed by atoms with Crippen molar-refractivity contribution in [3.05, 3.63) is 28.8 Å². The van der Waals surface area contributed by atoms with Crippen LogP contribution in [0.1, 0.15) is 40.7 Å². The summed E-state index contributed by atoms with van der Waals surface area (Å²) in [6.07, 6.45) is 2.29. The summed E-state index contributed by atoms with van der Waals surface area (Å²) in [6.45, 7) is 4.46. The Labute approximate surface area is 130 Å². The van der Waals surface area contributed by atoms with E-state index in [4.69, 9.17) is 4.74 Å². The first-order valence-electron chi connectivity index (χ1n) is 7.76. The number of ether oxygens (including phenoxy) is 1. The summed E-state index contributed by atoms with van der Waals surface area (Å²) in [7, 11) is 1.64. The lowest BCUT2D eigenvalue weighted by atomic mass is 10.0. The van der Waals surface area contributed by atoms with Crippen molar-refractivity contribution in [1.82, 2.24) is 10.2 Å². The lowest BCUT2D eigenvalue weighted by molar-refractivity contribution is -0.121. The van der Waals surface area contributed by atoms with E-state index in [1.807, 2.05) is 30.9 Å². The van der Waals surface area contributed by atoms with Crippen molar-refractivity contribution in [3.8, 4) is 5.75 Å². The van der Waals surface area contributed by atoms with Gasteiger partial charge in [-0.05, 0) is 49.9 Å². The topological polar surface area (TPSA) is 58.6 Å². The lowest BCUT2D eigenvalue weighted by Crippen LogP contribution is -2.42. The first-order valence-corrected chi connectivity index (χ1v) is 7.76. The summed E-state index contributed by atoms with van der Waals surface area (Å²) < 4.78 is 5.37. The predicted molar refractivity (Wildman–Crippen MR) is 83.1 cm³/mol. The van der Waals surface area contributed by atoms with E-state index < -0.39 is 0 Å². The summed E-state index contributed by atoms with van der Waals surface area (Å²) in [5.41, 5.74) is 2.60. The van der Waals surface area contributed by atoms with Gasteiger partial charge in [0, 0.05) is 30.6 Å². The van der Waals surface area contributed by atoms with Crippen molar-refractivity contribution < 1.29 is 14.3 Å². The highest BCUT2D eigenvalue weighted by Crippen LogP contribution is 2.31. The standard InChI is InChI=1S/C17H22N2O3/c1-10-6-12(7-11(2)16(10)22-3)17(21)19-13-4-5-14(19)9-18-15(20)8-13/h6-7,13-14H,4-5,8-9H2,1-3H3,(H,18,20). The van der Waals surface area contributed by atoms with Crippen LogP contribution in [0.3, 0.4) is 0 Å². The van der Waals surface area contributed by atoms with Crippen LogP contribution in [0.2, 0.25) is 0 Å². The number of carbonyl (C=O) groups is 2. The van der Waals surface area contributed by atoms with E-state index in [-0.39, 0.29) is 23.9 Å². The Bertz CT molecular complexity index is 603. The minimum atomic E-state index is 0.0258. The van der Waals surface area contributed by atoms with Gasteiger partial charge in [-0.15, -0.1) is 0 Å². The number of benzene rings is 1. The highest BCUT2D eigenvalue weighted by Gasteiger charge is 2.40. The van der Waals surface area contributed by atoms with Crippen LogP contribution in [-0.2, 0) is 4.79 Å². The van der Waals surface area contributed by atoms with E-state index in [0.29, 0.717) is 18.5 Å². The Balaban J connectivity index is 1.92. The van der Waals surface area contributed by atoms with Gasteiger partial charge in [0.25, 0.3) is 5.91 Å². The number of fused-ring (bicyclic) bond motifs is 2. The third-order valence-corrected chi connectivity index (χ3v) is 4.72. The van der Waals surface area contributed by atoms with Crippen molar-refractivity contribution in [1.29, 1.82) is 0 Å². The second kappa shape index (κ2) is 5.63. The molecule has 2 aliphatic rings. The highest BCUT2D eigenvalue weighted by atomic mass is 16.5. The number of nitrogens with zero attached hydrogens (tertiary/aromatic N) is 1. The predicted octanol–water partition coefficient (Wildman–Crippen LogP) is 1.81. The van der Waals surface area contributed by atoms with E-state index in [9.17, 15) is 9.59 Å². The molecular weight excluding hydrogens is 280 g/mol. The second-order valence-electron chi connectivity index (χ2n) is 6.25. The van der Waals surface area contributed by atoms with Crippen LogP contribution in [0.4, 0.5) is 0 Å². The molecule has 2 bridgehead atoms. The molecule has 2 unspecified atom stereocenters. The third kappa shape index (κ3) is 2.45. The first kappa shape index (κ1) is 14.9. The molecule has 1 N–H and O–H groups in total. The van der Waals surface area contributed by atoms with Gasteiger partial charge in [-0.3, -0.25) is 9.59 Å². The van der Waals surface area contributed by atoms with Gasteiger partial charge in [-0.2, -0.15) is 0 Å². The molecule has 118 valence electrons. The van der Waals surface area contributed by atoms with Crippen LogP contribution < -0.4 is 10.1 Å². The quantitative estimate of drug-likeness (QED) is 0.906. The molecule has 2 saturated heterocycles. The number of nitrogens with one attached hydrogen (secondary N) is 1. The average molecular weight is 302 g/mol. The molecule has 2 aliphatic heterocycles. The second-order valence-corrected chi connectivity index (χ2v) is 6.25. The van der Waals surface area contributed by atoms with Gasteiger partial charge in [0.05, 0.1) is 7.11 Å². The molecule has 0 radical (unpaired) electrons. The van der Waals surface area contributed by atoms with E-state index in [0.717, 1.165) is 29.7 Å². The zero-order chi connectivity index (χ0) is 15.9. The SMILES string of the molecule is COc1c(C)cc(C(=O)N2C3CCC2CC(=O)NC3)cc1C. The van der Waals surface area contributed by atoms with Crippen LogP contribution >= 0.6 is 0 Å². The Morgan fingerprint density at radius 3 is 2.50 bits per heavy atom. The molecule has 2 heterocycles. The van der Waals surface area contributed by atoms with E-state index in [1.165, 1.54) is 0 Å². The summed E-state index contributed by atoms with van der Waals surface area (Å²) in [6, 6.07) is 3.91. The molecule has 0 spiro atoms. The Morgan fingerprint density at radius 1 is 1.23 bits per heavy atom. The van der Waals surface area contributed by atoms with Gasteiger partial charge in [-0.25, -0.2) is 0 Å². The van der Waals surface area contributed by atoms with E-state index >= 15 is 0 Å². The molecule has 1 aromatic rings. The minimum Gasteiger partial charge on any atom is -0.496 e. The van der Waals surface area contributed by atoms with Gasteiger partial charge in [-0.1, -0.05) is 0 Å². The molecule has 0 aliphatic carbocycles. The lowest BCUT2D eigenvalue weighted by Gasteiger charge is -2.28. The molecule has 0 aromatic heterocycles. The number of carbonyl (C=O) groups excluding carboxylic acids is 2. The van der Waals surface area contributed by atoms with Gasteiger partial charge >= 0.3 is 0 Å². The van der Waals surface area contributed by atoms with Crippen LogP contribution in [0.25, 0.3) is 0 Å². The van der Waals surface area contributed by atoms with Crippen LogP contribution in [0.5, 0.6) is 5.75 Å². The monoisotopic (exact) mass is 302 g/mol. The Hall–Kier alpha value is -2.04. The maximum absolute atomic E-state index is 13.0. The van der Waals surface area contributed by atoms with E-state index in [1.54, 1.807) is 7.11 Å². The summed E-state index contributed by atoms with van der Waals surface area (Å²) in [5.74, 6) is 0.900. The van der Waals surface area contributed by atoms with Crippen molar-refractivity contribution in [3.63, 3.8) is 0 Å². The fourth-order valence-electron chi connectivity index (χ4n) is 3.76. The molecule has 2 atom stereocenters. The highest BCUT2D eigenvalue weighted by molar-refractivity contribution is 5.96. The van der Waals surface area contributed by atoms with Gasteiger partial charge in [0.15, 0.2) is 0 Å². The maximum Gasteiger partial charge on any atom is 0.254 e. The maximum atomic E-state index is 13.0. The number of rotatable bonds is 2. The third-order valence-electron chi connectivity index (χ3n) is 4.72. The fourth-order valence-corrected chi connectivity index (χ4v) is 3.76. The number of amides is 2. The van der Waals surface area contributed by atoms with Gasteiger partial charge in [0.2, 0.25) is 5.91 Å². The Morgan fingerprint density at radius 2 is 1.86 bits per heavy atom. The summed E-state index contributed by atoms with van der Waals surface area (Å²) >= 11 is 0. The van der Waals surface area contributed by atoms with Crippen molar-refractivity contribution in [2.24, 2.45) is 0 Å². The van der Waals surface area contributed by atoms with Crippen molar-refractivity contribution >= 4 is 11.8 Å². The van der Waals surface area contributed by atoms with Crippen molar-refractivity contribution in [2.45, 2.75) is 45.2 Å². The molecule has 22 heavy (non-hydrogen) atoms. The summed E-state index contributed by atoms with van der Waals surface area (Å²) in [4.78, 5) is 26.6. The van der Waals surface area contributed by atoms with Crippen LogP contribution in [0, 0.1) is 13.8 Å². The number of aryl methyl sites for hydroxylation is 2. The molecule has 5 heteroatoms. The molecule has 5 nitrogen and oxygen atoms in total. The van der Waals surface area contributed by atoms with Gasteiger partial charge in [0.1, 0.15) is 5.75 Å². The fraction of sp³-hybridized carbons (Fsp3) is 0.529. The molecule has 0 saturated carbocycles. The summed E-state index contributed by atoms with van der Waals surface area (Å²) in [5, 5.41) is 2.90. The zero-order valence-electron chi connectivity index (χ0n) is 13.3. The zero-order valence-corrected chi connectivity index (χ0v) is 13.3. The van der Waals surface area contributed by atoms with Gasteiger partial charge < -0.3 is 15.0 Å². The molecule has 3 rings (SSSR count). The molecule has 1 aromatic carbocycles. The average Bonchev–Trinajstić information content (AvgIpc) is 2.77.